The first-order valence-electron chi connectivity index (χ1n) is 6.21. The zero-order valence-corrected chi connectivity index (χ0v) is 13.4. The Morgan fingerprint density at radius 1 is 1.53 bits per heavy atom. The summed E-state index contributed by atoms with van der Waals surface area (Å²) in [5.74, 6) is 0. The first-order chi connectivity index (χ1) is 8.97. The Balaban J connectivity index is 2.13. The van der Waals surface area contributed by atoms with E-state index >= 15 is 0 Å². The highest BCUT2D eigenvalue weighted by atomic mass is 79.9. The molecule has 0 unspecified atom stereocenters. The third-order valence-corrected chi connectivity index (χ3v) is 5.86. The molecule has 1 saturated carbocycles. The van der Waals surface area contributed by atoms with Crippen molar-refractivity contribution in [3.05, 3.63) is 32.3 Å². The number of nitro groups is 1. The molecule has 6 heteroatoms. The fourth-order valence-electron chi connectivity index (χ4n) is 2.28. The van der Waals surface area contributed by atoms with Crippen molar-refractivity contribution >= 4 is 39.1 Å². The van der Waals surface area contributed by atoms with Gasteiger partial charge in [-0.2, -0.15) is 11.8 Å². The molecular weight excluding hydrogens is 328 g/mol. The molecule has 0 aromatic heterocycles. The minimum atomic E-state index is -0.348. The fourth-order valence-corrected chi connectivity index (χ4v) is 3.67. The van der Waals surface area contributed by atoms with Gasteiger partial charge in [-0.1, -0.05) is 6.42 Å². The third-order valence-electron chi connectivity index (χ3n) is 3.78. The molecule has 1 N–H and O–H groups in total. The SMILES string of the molecule is CSC1(CNc2cc(C)c([N+](=O)[O-])cc2Br)CCC1. The van der Waals surface area contributed by atoms with Crippen LogP contribution in [0.25, 0.3) is 0 Å². The Labute approximate surface area is 125 Å². The van der Waals surface area contributed by atoms with Crippen LogP contribution in [0.1, 0.15) is 24.8 Å². The van der Waals surface area contributed by atoms with Crippen molar-refractivity contribution in [1.82, 2.24) is 0 Å². The number of nitrogens with zero attached hydrogens (tertiary/aromatic N) is 1. The highest BCUT2D eigenvalue weighted by molar-refractivity contribution is 9.10. The number of anilines is 1. The number of halogens is 1. The average molecular weight is 345 g/mol. The van der Waals surface area contributed by atoms with Gasteiger partial charge in [-0.05, 0) is 48.0 Å². The van der Waals surface area contributed by atoms with Crippen molar-refractivity contribution in [3.63, 3.8) is 0 Å². The molecule has 0 aliphatic heterocycles. The molecular formula is C13H17BrN2O2S. The molecule has 0 amide bonds. The Morgan fingerprint density at radius 3 is 2.68 bits per heavy atom. The maximum absolute atomic E-state index is 10.9. The first kappa shape index (κ1) is 14.7. The molecule has 0 saturated heterocycles. The molecule has 0 bridgehead atoms. The summed E-state index contributed by atoms with van der Waals surface area (Å²) in [6.45, 7) is 2.67. The van der Waals surface area contributed by atoms with Crippen molar-refractivity contribution in [2.75, 3.05) is 18.1 Å². The van der Waals surface area contributed by atoms with Gasteiger partial charge in [0.25, 0.3) is 5.69 Å². The zero-order valence-electron chi connectivity index (χ0n) is 11.0. The predicted octanol–water partition coefficient (Wildman–Crippen LogP) is 4.36. The molecule has 0 spiro atoms. The summed E-state index contributed by atoms with van der Waals surface area (Å²) >= 11 is 5.32. The summed E-state index contributed by atoms with van der Waals surface area (Å²) in [7, 11) is 0. The van der Waals surface area contributed by atoms with Gasteiger partial charge in [-0.25, -0.2) is 0 Å². The van der Waals surface area contributed by atoms with Crippen LogP contribution in [-0.2, 0) is 0 Å². The second-order valence-corrected chi connectivity index (χ2v) is 7.10. The predicted molar refractivity (Wildman–Crippen MR) is 84.1 cm³/mol. The van der Waals surface area contributed by atoms with E-state index in [1.807, 2.05) is 17.8 Å². The Kier molecular flexibility index (Phi) is 4.40. The highest BCUT2D eigenvalue weighted by Crippen LogP contribution is 2.43. The van der Waals surface area contributed by atoms with Gasteiger partial charge in [0.2, 0.25) is 0 Å². The van der Waals surface area contributed by atoms with Gasteiger partial charge in [-0.3, -0.25) is 10.1 Å². The zero-order chi connectivity index (χ0) is 14.0. The van der Waals surface area contributed by atoms with Crippen LogP contribution >= 0.6 is 27.7 Å². The number of rotatable bonds is 5. The normalized spacial score (nSPS) is 16.8. The minimum absolute atomic E-state index is 0.153. The lowest BCUT2D eigenvalue weighted by Crippen LogP contribution is -2.40. The molecule has 1 aliphatic carbocycles. The lowest BCUT2D eigenvalue weighted by Gasteiger charge is -2.40. The van der Waals surface area contributed by atoms with E-state index in [2.05, 4.69) is 27.5 Å². The van der Waals surface area contributed by atoms with Gasteiger partial charge in [0.15, 0.2) is 0 Å². The van der Waals surface area contributed by atoms with Crippen LogP contribution in [-0.4, -0.2) is 22.5 Å². The number of nitro benzene ring substituents is 1. The van der Waals surface area contributed by atoms with E-state index < -0.39 is 0 Å². The van der Waals surface area contributed by atoms with Crippen LogP contribution in [0.15, 0.2) is 16.6 Å². The molecule has 1 fully saturated rings. The first-order valence-corrected chi connectivity index (χ1v) is 8.23. The standard InChI is InChI=1S/C13H17BrN2O2S/c1-9-6-11(10(14)7-12(9)16(17)18)15-8-13(19-2)4-3-5-13/h6-7,15H,3-5,8H2,1-2H3. The van der Waals surface area contributed by atoms with Crippen molar-refractivity contribution in [2.24, 2.45) is 0 Å². The maximum Gasteiger partial charge on any atom is 0.273 e. The smallest absolute Gasteiger partial charge is 0.273 e. The third kappa shape index (κ3) is 3.05. The largest absolute Gasteiger partial charge is 0.383 e. The Bertz CT molecular complexity index is 498. The second-order valence-electron chi connectivity index (χ2n) is 4.97. The highest BCUT2D eigenvalue weighted by Gasteiger charge is 2.35. The van der Waals surface area contributed by atoms with Crippen LogP contribution in [0.5, 0.6) is 0 Å². The van der Waals surface area contributed by atoms with E-state index in [0.717, 1.165) is 16.7 Å². The van der Waals surface area contributed by atoms with Crippen LogP contribution in [0, 0.1) is 17.0 Å². The van der Waals surface area contributed by atoms with Crippen molar-refractivity contribution < 1.29 is 4.92 Å². The minimum Gasteiger partial charge on any atom is -0.383 e. The van der Waals surface area contributed by atoms with Crippen LogP contribution in [0.2, 0.25) is 0 Å². The summed E-state index contributed by atoms with van der Waals surface area (Å²) in [6.07, 6.45) is 5.93. The molecule has 1 aromatic carbocycles. The van der Waals surface area contributed by atoms with Gasteiger partial charge < -0.3 is 5.32 Å². The van der Waals surface area contributed by atoms with Crippen LogP contribution < -0.4 is 5.32 Å². The summed E-state index contributed by atoms with van der Waals surface area (Å²) in [6, 6.07) is 3.42. The van der Waals surface area contributed by atoms with Gasteiger partial charge in [-0.15, -0.1) is 0 Å². The monoisotopic (exact) mass is 344 g/mol. The molecule has 0 radical (unpaired) electrons. The van der Waals surface area contributed by atoms with E-state index in [4.69, 9.17) is 0 Å². The molecule has 1 aromatic rings. The molecule has 4 nitrogen and oxygen atoms in total. The lowest BCUT2D eigenvalue weighted by atomic mass is 9.84. The number of thioether (sulfide) groups is 1. The average Bonchev–Trinajstić information content (AvgIpc) is 2.31. The molecule has 0 heterocycles. The summed E-state index contributed by atoms with van der Waals surface area (Å²) in [5.41, 5.74) is 1.77. The molecule has 1 aliphatic rings. The van der Waals surface area contributed by atoms with E-state index in [9.17, 15) is 10.1 Å². The van der Waals surface area contributed by atoms with Gasteiger partial charge in [0, 0.05) is 33.1 Å². The van der Waals surface area contributed by atoms with Gasteiger partial charge >= 0.3 is 0 Å². The summed E-state index contributed by atoms with van der Waals surface area (Å²) < 4.78 is 1.09. The van der Waals surface area contributed by atoms with E-state index in [0.29, 0.717) is 10.3 Å². The second kappa shape index (κ2) is 5.71. The van der Waals surface area contributed by atoms with Crippen molar-refractivity contribution in [3.8, 4) is 0 Å². The number of hydrogen-bond acceptors (Lipinski definition) is 4. The lowest BCUT2D eigenvalue weighted by molar-refractivity contribution is -0.385. The molecule has 19 heavy (non-hydrogen) atoms. The maximum atomic E-state index is 10.9. The Morgan fingerprint density at radius 2 is 2.21 bits per heavy atom. The summed E-state index contributed by atoms with van der Waals surface area (Å²) in [5, 5.41) is 14.3. The number of hydrogen-bond donors (Lipinski definition) is 1. The number of nitrogens with one attached hydrogen (secondary N) is 1. The van der Waals surface area contributed by atoms with Gasteiger partial charge in [0.1, 0.15) is 0 Å². The van der Waals surface area contributed by atoms with Crippen molar-refractivity contribution in [1.29, 1.82) is 0 Å². The Hall–Kier alpha value is -0.750. The summed E-state index contributed by atoms with van der Waals surface area (Å²) in [4.78, 5) is 10.5. The molecule has 104 valence electrons. The topological polar surface area (TPSA) is 55.2 Å². The van der Waals surface area contributed by atoms with E-state index in [-0.39, 0.29) is 10.6 Å². The van der Waals surface area contributed by atoms with Gasteiger partial charge in [0.05, 0.1) is 4.92 Å². The quantitative estimate of drug-likeness (QED) is 0.636. The molecule has 2 rings (SSSR count). The number of aryl methyl sites for hydroxylation is 1. The number of benzene rings is 1. The van der Waals surface area contributed by atoms with Crippen molar-refractivity contribution in [2.45, 2.75) is 30.9 Å². The van der Waals surface area contributed by atoms with Crippen LogP contribution in [0.3, 0.4) is 0 Å². The van der Waals surface area contributed by atoms with E-state index in [1.54, 1.807) is 13.0 Å². The van der Waals surface area contributed by atoms with E-state index in [1.165, 1.54) is 19.3 Å². The molecule has 0 atom stereocenters. The fraction of sp³-hybridized carbons (Fsp3) is 0.538. The van der Waals surface area contributed by atoms with Crippen LogP contribution in [0.4, 0.5) is 11.4 Å².